The number of hydrogen-bond acceptors (Lipinski definition) is 4. The number of ether oxygens (including phenoxy) is 2. The molecule has 0 radical (unpaired) electrons. The fourth-order valence-corrected chi connectivity index (χ4v) is 1.53. The Bertz CT molecular complexity index is 435. The van der Waals surface area contributed by atoms with E-state index in [4.69, 9.17) is 4.74 Å². The van der Waals surface area contributed by atoms with Crippen LogP contribution in [0.1, 0.15) is 45.4 Å². The van der Waals surface area contributed by atoms with Crippen LogP contribution in [0.3, 0.4) is 0 Å². The molecule has 4 nitrogen and oxygen atoms in total. The highest BCUT2D eigenvalue weighted by atomic mass is 19.4. The third-order valence-electron chi connectivity index (χ3n) is 3.00. The van der Waals surface area contributed by atoms with Gasteiger partial charge < -0.3 is 9.47 Å². The number of unbranched alkanes of at least 4 members (excludes halogenated alkanes) is 2. The predicted molar refractivity (Wildman–Crippen MR) is 71.2 cm³/mol. The monoisotopic (exact) mass is 384 g/mol. The fraction of sp³-hybridized carbons (Fsp3) is 0.857. The maximum Gasteiger partial charge on any atom is 0.460 e. The molecule has 0 aromatic carbocycles. The number of carbonyl (C=O) groups excluding carboxylic acids is 2. The van der Waals surface area contributed by atoms with E-state index >= 15 is 0 Å². The van der Waals surface area contributed by atoms with Crippen LogP contribution in [0.4, 0.5) is 30.7 Å². The van der Waals surface area contributed by atoms with E-state index in [9.17, 15) is 40.3 Å². The molecule has 0 aliphatic heterocycles. The lowest BCUT2D eigenvalue weighted by atomic mass is 10.2. The minimum Gasteiger partial charge on any atom is -0.466 e. The van der Waals surface area contributed by atoms with Crippen molar-refractivity contribution >= 4 is 11.9 Å². The fourth-order valence-electron chi connectivity index (χ4n) is 1.53. The van der Waals surface area contributed by atoms with Crippen molar-refractivity contribution in [3.63, 3.8) is 0 Å². The first-order chi connectivity index (χ1) is 11.3. The van der Waals surface area contributed by atoms with Gasteiger partial charge in [-0.05, 0) is 12.8 Å². The van der Waals surface area contributed by atoms with Gasteiger partial charge in [0.2, 0.25) is 0 Å². The highest BCUT2D eigenvalue weighted by Gasteiger charge is 2.73. The van der Waals surface area contributed by atoms with E-state index in [0.717, 1.165) is 12.8 Å². The van der Waals surface area contributed by atoms with Gasteiger partial charge in [-0.3, -0.25) is 9.59 Å². The molecule has 0 aromatic rings. The highest BCUT2D eigenvalue weighted by Crippen LogP contribution is 2.46. The number of esters is 2. The average Bonchev–Trinajstić information content (AvgIpc) is 2.48. The van der Waals surface area contributed by atoms with Crippen molar-refractivity contribution in [3.8, 4) is 0 Å². The Balaban J connectivity index is 4.14. The zero-order valence-electron chi connectivity index (χ0n) is 13.4. The van der Waals surface area contributed by atoms with E-state index in [-0.39, 0.29) is 19.4 Å². The van der Waals surface area contributed by atoms with Crippen LogP contribution < -0.4 is 0 Å². The van der Waals surface area contributed by atoms with Gasteiger partial charge in [0.05, 0.1) is 6.61 Å². The first-order valence-electron chi connectivity index (χ1n) is 7.48. The van der Waals surface area contributed by atoms with Crippen molar-refractivity contribution in [1.82, 2.24) is 0 Å². The van der Waals surface area contributed by atoms with E-state index < -0.39 is 43.0 Å². The molecule has 0 saturated heterocycles. The van der Waals surface area contributed by atoms with Crippen LogP contribution in [0.15, 0.2) is 0 Å². The molecule has 0 amide bonds. The van der Waals surface area contributed by atoms with Crippen LogP contribution in [0, 0.1) is 0 Å². The van der Waals surface area contributed by atoms with Crippen molar-refractivity contribution in [2.75, 3.05) is 13.2 Å². The smallest absolute Gasteiger partial charge is 0.460 e. The third-order valence-corrected chi connectivity index (χ3v) is 3.00. The van der Waals surface area contributed by atoms with Crippen LogP contribution in [0.5, 0.6) is 0 Å². The maximum atomic E-state index is 12.9. The first kappa shape index (κ1) is 23.4. The molecule has 0 heterocycles. The van der Waals surface area contributed by atoms with Crippen LogP contribution in [0.2, 0.25) is 0 Å². The Morgan fingerprint density at radius 2 is 1.32 bits per heavy atom. The van der Waals surface area contributed by atoms with Crippen molar-refractivity contribution in [2.45, 2.75) is 63.5 Å². The SMILES string of the molecule is CCCCCOC(=O)CCCC(=O)OCC(F)(F)C(F)(F)C(F)(F)F. The Labute approximate surface area is 139 Å². The average molecular weight is 384 g/mol. The summed E-state index contributed by atoms with van der Waals surface area (Å²) in [6.07, 6.45) is -5.06. The van der Waals surface area contributed by atoms with Crippen molar-refractivity contribution in [2.24, 2.45) is 0 Å². The lowest BCUT2D eigenvalue weighted by molar-refractivity contribution is -0.359. The largest absolute Gasteiger partial charge is 0.466 e. The molecule has 0 saturated carbocycles. The summed E-state index contributed by atoms with van der Waals surface area (Å²) >= 11 is 0. The zero-order valence-corrected chi connectivity index (χ0v) is 13.4. The predicted octanol–water partition coefficient (Wildman–Crippen LogP) is 4.27. The van der Waals surface area contributed by atoms with E-state index in [1.807, 2.05) is 6.92 Å². The Morgan fingerprint density at radius 1 is 0.800 bits per heavy atom. The summed E-state index contributed by atoms with van der Waals surface area (Å²) in [7, 11) is 0. The molecule has 0 aliphatic carbocycles. The van der Waals surface area contributed by atoms with Gasteiger partial charge in [0.15, 0.2) is 6.61 Å². The zero-order chi connectivity index (χ0) is 19.7. The second-order valence-electron chi connectivity index (χ2n) is 5.22. The summed E-state index contributed by atoms with van der Waals surface area (Å²) in [5.41, 5.74) is 0. The summed E-state index contributed by atoms with van der Waals surface area (Å²) in [5.74, 6) is -14.0. The van der Waals surface area contributed by atoms with Gasteiger partial charge in [0.1, 0.15) is 0 Å². The van der Waals surface area contributed by atoms with E-state index in [2.05, 4.69) is 4.74 Å². The summed E-state index contributed by atoms with van der Waals surface area (Å²) < 4.78 is 95.1. The molecule has 25 heavy (non-hydrogen) atoms. The molecule has 0 rings (SSSR count). The number of carbonyl (C=O) groups is 2. The van der Waals surface area contributed by atoms with Gasteiger partial charge in [-0.2, -0.15) is 30.7 Å². The van der Waals surface area contributed by atoms with Gasteiger partial charge in [-0.15, -0.1) is 0 Å². The van der Waals surface area contributed by atoms with Crippen LogP contribution in [0.25, 0.3) is 0 Å². The maximum absolute atomic E-state index is 12.9. The van der Waals surface area contributed by atoms with Gasteiger partial charge in [0, 0.05) is 12.8 Å². The Hall–Kier alpha value is -1.55. The summed E-state index contributed by atoms with van der Waals surface area (Å²) in [6.45, 7) is -0.281. The van der Waals surface area contributed by atoms with Gasteiger partial charge in [0.25, 0.3) is 0 Å². The molecule has 0 fully saturated rings. The molecule has 148 valence electrons. The first-order valence-corrected chi connectivity index (χ1v) is 7.48. The lowest BCUT2D eigenvalue weighted by Crippen LogP contribution is -2.54. The quantitative estimate of drug-likeness (QED) is 0.303. The molecule has 0 spiro atoms. The lowest BCUT2D eigenvalue weighted by Gasteiger charge is -2.27. The summed E-state index contributed by atoms with van der Waals surface area (Å²) in [4.78, 5) is 22.3. The van der Waals surface area contributed by atoms with Crippen molar-refractivity contribution in [1.29, 1.82) is 0 Å². The summed E-state index contributed by atoms with van der Waals surface area (Å²) in [6, 6.07) is 0. The van der Waals surface area contributed by atoms with Crippen molar-refractivity contribution in [3.05, 3.63) is 0 Å². The van der Waals surface area contributed by atoms with Crippen LogP contribution >= 0.6 is 0 Å². The molecular formula is C14H19F7O4. The van der Waals surface area contributed by atoms with E-state index in [1.165, 1.54) is 0 Å². The molecule has 0 N–H and O–H groups in total. The molecule has 0 bridgehead atoms. The summed E-state index contributed by atoms with van der Waals surface area (Å²) in [5, 5.41) is 0. The number of alkyl halides is 7. The second-order valence-corrected chi connectivity index (χ2v) is 5.22. The molecule has 0 atom stereocenters. The topological polar surface area (TPSA) is 52.6 Å². The highest BCUT2D eigenvalue weighted by molar-refractivity contribution is 5.72. The molecule has 0 aromatic heterocycles. The van der Waals surface area contributed by atoms with Crippen LogP contribution in [-0.4, -0.2) is 43.2 Å². The van der Waals surface area contributed by atoms with Gasteiger partial charge in [-0.25, -0.2) is 0 Å². The molecule has 11 heteroatoms. The normalized spacial score (nSPS) is 12.8. The minimum atomic E-state index is -6.48. The standard InChI is InChI=1S/C14H19F7O4/c1-2-3-4-8-24-10(22)6-5-7-11(23)25-9-12(15,16)13(17,18)14(19,20)21/h2-9H2,1H3. The number of hydrogen-bond donors (Lipinski definition) is 0. The number of rotatable bonds is 11. The van der Waals surface area contributed by atoms with Crippen molar-refractivity contribution < 1.29 is 49.8 Å². The minimum absolute atomic E-state index is 0.174. The van der Waals surface area contributed by atoms with Gasteiger partial charge >= 0.3 is 30.0 Å². The Morgan fingerprint density at radius 3 is 1.80 bits per heavy atom. The van der Waals surface area contributed by atoms with Gasteiger partial charge in [-0.1, -0.05) is 19.8 Å². The molecule has 0 aliphatic rings. The molecule has 0 unspecified atom stereocenters. The van der Waals surface area contributed by atoms with E-state index in [0.29, 0.717) is 6.42 Å². The second kappa shape index (κ2) is 9.81. The Kier molecular flexibility index (Phi) is 9.20. The number of halogens is 7. The molecular weight excluding hydrogens is 365 g/mol. The van der Waals surface area contributed by atoms with Crippen LogP contribution in [-0.2, 0) is 19.1 Å². The third kappa shape index (κ3) is 7.91. The van der Waals surface area contributed by atoms with E-state index in [1.54, 1.807) is 0 Å².